The molecular weight excluding hydrogens is 281 g/mol. The third-order valence-electron chi connectivity index (χ3n) is 2.77. The van der Waals surface area contributed by atoms with Gasteiger partial charge in [-0.1, -0.05) is 13.3 Å². The van der Waals surface area contributed by atoms with Gasteiger partial charge in [0.1, 0.15) is 5.82 Å². The van der Waals surface area contributed by atoms with Gasteiger partial charge in [-0.3, -0.25) is 0 Å². The highest BCUT2D eigenvalue weighted by Crippen LogP contribution is 2.22. The van der Waals surface area contributed by atoms with Gasteiger partial charge in [-0.15, -0.1) is 0 Å². The molecule has 2 rings (SSSR count). The Bertz CT molecular complexity index is 619. The van der Waals surface area contributed by atoms with Crippen molar-refractivity contribution in [1.29, 1.82) is 0 Å². The van der Waals surface area contributed by atoms with Crippen molar-refractivity contribution in [1.82, 2.24) is 9.97 Å². The molecular formula is C14H15F3N4. The van der Waals surface area contributed by atoms with Crippen LogP contribution in [0.2, 0.25) is 0 Å². The fourth-order valence-corrected chi connectivity index (χ4v) is 1.65. The minimum atomic E-state index is -1.53. The molecule has 7 heteroatoms. The van der Waals surface area contributed by atoms with E-state index in [2.05, 4.69) is 27.5 Å². The lowest BCUT2D eigenvalue weighted by Crippen LogP contribution is -2.06. The first-order chi connectivity index (χ1) is 10.1. The van der Waals surface area contributed by atoms with Gasteiger partial charge in [0.15, 0.2) is 17.5 Å². The lowest BCUT2D eigenvalue weighted by atomic mass is 10.3. The van der Waals surface area contributed by atoms with Crippen LogP contribution in [0.25, 0.3) is 0 Å². The van der Waals surface area contributed by atoms with Crippen molar-refractivity contribution in [2.24, 2.45) is 0 Å². The molecule has 0 unspecified atom stereocenters. The summed E-state index contributed by atoms with van der Waals surface area (Å²) in [4.78, 5) is 8.03. The molecule has 0 radical (unpaired) electrons. The van der Waals surface area contributed by atoms with E-state index in [-0.39, 0.29) is 11.6 Å². The maximum absolute atomic E-state index is 13.5. The molecule has 0 aliphatic rings. The second-order valence-electron chi connectivity index (χ2n) is 4.39. The van der Waals surface area contributed by atoms with Crippen LogP contribution >= 0.6 is 0 Å². The average molecular weight is 296 g/mol. The molecule has 0 fully saturated rings. The van der Waals surface area contributed by atoms with E-state index in [0.29, 0.717) is 5.82 Å². The molecule has 0 aliphatic heterocycles. The minimum Gasteiger partial charge on any atom is -0.370 e. The van der Waals surface area contributed by atoms with Crippen LogP contribution in [-0.4, -0.2) is 16.5 Å². The van der Waals surface area contributed by atoms with Crippen molar-refractivity contribution in [3.8, 4) is 0 Å². The molecule has 112 valence electrons. The summed E-state index contributed by atoms with van der Waals surface area (Å²) in [6.07, 6.45) is 3.52. The summed E-state index contributed by atoms with van der Waals surface area (Å²) in [7, 11) is 0. The van der Waals surface area contributed by atoms with E-state index in [9.17, 15) is 13.2 Å². The van der Waals surface area contributed by atoms with Crippen LogP contribution in [0.5, 0.6) is 0 Å². The molecule has 2 aromatic rings. The number of hydrogen-bond donors (Lipinski definition) is 2. The third-order valence-corrected chi connectivity index (χ3v) is 2.77. The number of halogens is 3. The standard InChI is InChI=1S/C14H15F3N4/c1-2-3-7-18-11-6-8-19-14(21-11)20-10-5-4-9(15)12(16)13(10)17/h4-6,8H,2-3,7H2,1H3,(H2,18,19,20,21). The van der Waals surface area contributed by atoms with E-state index in [1.54, 1.807) is 6.07 Å². The molecule has 4 nitrogen and oxygen atoms in total. The molecule has 0 amide bonds. The fourth-order valence-electron chi connectivity index (χ4n) is 1.65. The van der Waals surface area contributed by atoms with Gasteiger partial charge in [-0.2, -0.15) is 4.98 Å². The van der Waals surface area contributed by atoms with Crippen molar-refractivity contribution in [2.45, 2.75) is 19.8 Å². The predicted molar refractivity (Wildman–Crippen MR) is 75.0 cm³/mol. The SMILES string of the molecule is CCCCNc1ccnc(Nc2ccc(F)c(F)c2F)n1. The van der Waals surface area contributed by atoms with Gasteiger partial charge in [0.2, 0.25) is 5.95 Å². The van der Waals surface area contributed by atoms with Crippen molar-refractivity contribution < 1.29 is 13.2 Å². The second kappa shape index (κ2) is 6.92. The van der Waals surface area contributed by atoms with Crippen molar-refractivity contribution in [3.05, 3.63) is 41.8 Å². The van der Waals surface area contributed by atoms with E-state index in [1.165, 1.54) is 6.20 Å². The third kappa shape index (κ3) is 3.84. The van der Waals surface area contributed by atoms with Crippen LogP contribution in [0.3, 0.4) is 0 Å². The van der Waals surface area contributed by atoms with Crippen LogP contribution in [0.4, 0.5) is 30.6 Å². The predicted octanol–water partition coefficient (Wildman–Crippen LogP) is 3.85. The number of rotatable bonds is 6. The Labute approximate surface area is 120 Å². The normalized spacial score (nSPS) is 10.5. The maximum atomic E-state index is 13.5. The second-order valence-corrected chi connectivity index (χ2v) is 4.39. The van der Waals surface area contributed by atoms with Crippen molar-refractivity contribution in [3.63, 3.8) is 0 Å². The molecule has 21 heavy (non-hydrogen) atoms. The van der Waals surface area contributed by atoms with Gasteiger partial charge >= 0.3 is 0 Å². The highest BCUT2D eigenvalue weighted by molar-refractivity contribution is 5.55. The lowest BCUT2D eigenvalue weighted by Gasteiger charge is -2.09. The molecule has 0 bridgehead atoms. The number of unbranched alkanes of at least 4 members (excludes halogenated alkanes) is 1. The number of nitrogens with one attached hydrogen (secondary N) is 2. The Morgan fingerprint density at radius 3 is 2.67 bits per heavy atom. The van der Waals surface area contributed by atoms with Gasteiger partial charge in [0.05, 0.1) is 5.69 Å². The first kappa shape index (κ1) is 15.1. The number of aromatic nitrogens is 2. The van der Waals surface area contributed by atoms with E-state index in [0.717, 1.165) is 31.5 Å². The molecule has 0 saturated carbocycles. The summed E-state index contributed by atoms with van der Waals surface area (Å²) >= 11 is 0. The van der Waals surface area contributed by atoms with Crippen molar-refractivity contribution >= 4 is 17.5 Å². The van der Waals surface area contributed by atoms with Crippen LogP contribution in [0.15, 0.2) is 24.4 Å². The first-order valence-corrected chi connectivity index (χ1v) is 6.59. The average Bonchev–Trinajstić information content (AvgIpc) is 2.49. The summed E-state index contributed by atoms with van der Waals surface area (Å²) in [5.41, 5.74) is -0.223. The molecule has 1 aromatic carbocycles. The molecule has 0 spiro atoms. The quantitative estimate of drug-likeness (QED) is 0.628. The Kier molecular flexibility index (Phi) is 4.97. The molecule has 0 saturated heterocycles. The fraction of sp³-hybridized carbons (Fsp3) is 0.286. The number of nitrogens with zero attached hydrogens (tertiary/aromatic N) is 2. The van der Waals surface area contributed by atoms with Crippen LogP contribution in [0, 0.1) is 17.5 Å². The maximum Gasteiger partial charge on any atom is 0.229 e. The van der Waals surface area contributed by atoms with Gasteiger partial charge in [0.25, 0.3) is 0 Å². The zero-order chi connectivity index (χ0) is 15.2. The smallest absolute Gasteiger partial charge is 0.229 e. The molecule has 1 heterocycles. The summed E-state index contributed by atoms with van der Waals surface area (Å²) in [6, 6.07) is 3.60. The summed E-state index contributed by atoms with van der Waals surface area (Å²) in [5, 5.41) is 5.62. The van der Waals surface area contributed by atoms with Gasteiger partial charge < -0.3 is 10.6 Å². The molecule has 1 aromatic heterocycles. The number of benzene rings is 1. The molecule has 0 atom stereocenters. The van der Waals surface area contributed by atoms with Gasteiger partial charge in [-0.25, -0.2) is 18.2 Å². The molecule has 0 aliphatic carbocycles. The minimum absolute atomic E-state index is 0.0985. The Morgan fingerprint density at radius 2 is 1.90 bits per heavy atom. The Balaban J connectivity index is 2.13. The van der Waals surface area contributed by atoms with Gasteiger partial charge in [0, 0.05) is 12.7 Å². The zero-order valence-corrected chi connectivity index (χ0v) is 11.5. The number of hydrogen-bond acceptors (Lipinski definition) is 4. The Hall–Kier alpha value is -2.31. The van der Waals surface area contributed by atoms with Gasteiger partial charge in [-0.05, 0) is 24.6 Å². The van der Waals surface area contributed by atoms with E-state index in [4.69, 9.17) is 0 Å². The van der Waals surface area contributed by atoms with Crippen LogP contribution < -0.4 is 10.6 Å². The zero-order valence-electron chi connectivity index (χ0n) is 11.5. The summed E-state index contributed by atoms with van der Waals surface area (Å²) < 4.78 is 39.5. The van der Waals surface area contributed by atoms with E-state index < -0.39 is 17.5 Å². The largest absolute Gasteiger partial charge is 0.370 e. The Morgan fingerprint density at radius 1 is 1.10 bits per heavy atom. The first-order valence-electron chi connectivity index (χ1n) is 6.59. The topological polar surface area (TPSA) is 49.8 Å². The summed E-state index contributed by atoms with van der Waals surface area (Å²) in [5.74, 6) is -3.40. The van der Waals surface area contributed by atoms with E-state index >= 15 is 0 Å². The van der Waals surface area contributed by atoms with Crippen LogP contribution in [-0.2, 0) is 0 Å². The van der Waals surface area contributed by atoms with Crippen molar-refractivity contribution in [2.75, 3.05) is 17.2 Å². The lowest BCUT2D eigenvalue weighted by molar-refractivity contribution is 0.449. The summed E-state index contributed by atoms with van der Waals surface area (Å²) in [6.45, 7) is 2.83. The monoisotopic (exact) mass is 296 g/mol. The molecule has 2 N–H and O–H groups in total. The highest BCUT2D eigenvalue weighted by Gasteiger charge is 2.14. The van der Waals surface area contributed by atoms with E-state index in [1.807, 2.05) is 0 Å². The van der Waals surface area contributed by atoms with Crippen LogP contribution in [0.1, 0.15) is 19.8 Å². The highest BCUT2D eigenvalue weighted by atomic mass is 19.2. The number of anilines is 3.